The molecular weight excluding hydrogens is 313 g/mol. The van der Waals surface area contributed by atoms with Crippen molar-refractivity contribution in [1.82, 2.24) is 5.32 Å². The van der Waals surface area contributed by atoms with Crippen LogP contribution in [0, 0.1) is 11.3 Å². The first-order valence-electron chi connectivity index (χ1n) is 6.58. The minimum Gasteiger partial charge on any atom is -0.489 e. The lowest BCUT2D eigenvalue weighted by molar-refractivity contribution is -0.117. The summed E-state index contributed by atoms with van der Waals surface area (Å²) in [5, 5.41) is 19.3. The standard InChI is InChI=1S/C14H19F2N2O3P/c1-8(2)13(20)10(5-17)11-4-3-9(6-18-11)21-7-12(19)14(15,16)22/h3-6,8,12,17-19H,7,22H2,1-2H3/b11-10+,17-5?. The summed E-state index contributed by atoms with van der Waals surface area (Å²) in [5.41, 5.74) is -2.68. The fraction of sp³-hybridized carbons (Fsp3) is 0.429. The molecule has 0 aromatic carbocycles. The van der Waals surface area contributed by atoms with Crippen LogP contribution in [0.3, 0.4) is 0 Å². The molecule has 1 aliphatic heterocycles. The number of aliphatic hydroxyl groups is 1. The van der Waals surface area contributed by atoms with E-state index >= 15 is 0 Å². The summed E-state index contributed by atoms with van der Waals surface area (Å²) in [6.07, 6.45) is 3.38. The molecule has 5 nitrogen and oxygen atoms in total. The lowest BCUT2D eigenvalue weighted by atomic mass is 9.99. The third-order valence-electron chi connectivity index (χ3n) is 2.86. The van der Waals surface area contributed by atoms with Gasteiger partial charge in [-0.25, -0.2) is 0 Å². The molecule has 0 amide bonds. The Morgan fingerprint density at radius 1 is 1.55 bits per heavy atom. The lowest BCUT2D eigenvalue weighted by Crippen LogP contribution is -2.31. The Morgan fingerprint density at radius 2 is 2.18 bits per heavy atom. The average molecular weight is 332 g/mol. The second-order valence-corrected chi connectivity index (χ2v) is 5.79. The topological polar surface area (TPSA) is 82.4 Å². The number of Topliss-reactive ketones (excluding diaryl/α,β-unsaturated/α-hetero) is 1. The molecule has 0 bridgehead atoms. The van der Waals surface area contributed by atoms with Gasteiger partial charge in [0.1, 0.15) is 12.4 Å². The minimum atomic E-state index is -3.32. The van der Waals surface area contributed by atoms with Crippen molar-refractivity contribution >= 4 is 21.2 Å². The summed E-state index contributed by atoms with van der Waals surface area (Å²) >= 11 is 0. The van der Waals surface area contributed by atoms with Gasteiger partial charge in [-0.15, -0.1) is 0 Å². The van der Waals surface area contributed by atoms with Crippen molar-refractivity contribution in [3.63, 3.8) is 0 Å². The number of carbonyl (C=O) groups is 1. The molecule has 0 aromatic rings. The van der Waals surface area contributed by atoms with Crippen LogP contribution in [0.4, 0.5) is 8.78 Å². The van der Waals surface area contributed by atoms with Crippen LogP contribution in [-0.2, 0) is 9.53 Å². The minimum absolute atomic E-state index is 0.182. The van der Waals surface area contributed by atoms with E-state index in [1.807, 2.05) is 0 Å². The van der Waals surface area contributed by atoms with Crippen molar-refractivity contribution in [2.24, 2.45) is 5.92 Å². The van der Waals surface area contributed by atoms with Crippen LogP contribution in [0.2, 0.25) is 0 Å². The van der Waals surface area contributed by atoms with Crippen molar-refractivity contribution < 1.29 is 23.4 Å². The molecule has 0 fully saturated rings. The first kappa shape index (κ1) is 18.5. The monoisotopic (exact) mass is 332 g/mol. The summed E-state index contributed by atoms with van der Waals surface area (Å²) < 4.78 is 30.6. The molecule has 2 unspecified atom stereocenters. The molecule has 8 heteroatoms. The summed E-state index contributed by atoms with van der Waals surface area (Å²) in [5.74, 6) is -0.197. The van der Waals surface area contributed by atoms with Crippen molar-refractivity contribution in [3.05, 3.63) is 35.4 Å². The highest BCUT2D eigenvalue weighted by Gasteiger charge is 2.33. The molecular formula is C14H19F2N2O3P. The molecule has 1 aliphatic rings. The van der Waals surface area contributed by atoms with Gasteiger partial charge in [-0.2, -0.15) is 8.78 Å². The molecule has 3 N–H and O–H groups in total. The molecule has 122 valence electrons. The number of nitrogens with one attached hydrogen (secondary N) is 2. The quantitative estimate of drug-likeness (QED) is 0.378. The van der Waals surface area contributed by atoms with E-state index in [0.29, 0.717) is 5.70 Å². The van der Waals surface area contributed by atoms with Gasteiger partial charge < -0.3 is 20.6 Å². The van der Waals surface area contributed by atoms with E-state index in [1.165, 1.54) is 27.6 Å². The second-order valence-electron chi connectivity index (χ2n) is 5.02. The van der Waals surface area contributed by atoms with Gasteiger partial charge in [0, 0.05) is 18.3 Å². The Balaban J connectivity index is 2.72. The van der Waals surface area contributed by atoms with Crippen LogP contribution < -0.4 is 5.32 Å². The highest BCUT2D eigenvalue weighted by Crippen LogP contribution is 2.27. The van der Waals surface area contributed by atoms with Gasteiger partial charge in [0.05, 0.1) is 11.3 Å². The van der Waals surface area contributed by atoms with E-state index in [9.17, 15) is 18.7 Å². The van der Waals surface area contributed by atoms with Gasteiger partial charge in [-0.1, -0.05) is 23.1 Å². The van der Waals surface area contributed by atoms with Gasteiger partial charge in [-0.3, -0.25) is 4.79 Å². The van der Waals surface area contributed by atoms with Gasteiger partial charge in [-0.05, 0) is 12.2 Å². The fourth-order valence-electron chi connectivity index (χ4n) is 1.55. The molecule has 0 aromatic heterocycles. The molecule has 0 spiro atoms. The summed E-state index contributed by atoms with van der Waals surface area (Å²) in [4.78, 5) is 11.9. The molecule has 1 rings (SSSR count). The average Bonchev–Trinajstić information content (AvgIpc) is 2.45. The van der Waals surface area contributed by atoms with Crippen LogP contribution in [0.5, 0.6) is 0 Å². The predicted octanol–water partition coefficient (Wildman–Crippen LogP) is 1.96. The zero-order valence-electron chi connectivity index (χ0n) is 12.3. The number of hydrogen-bond donors (Lipinski definition) is 3. The number of dihydropyridines is 1. The molecule has 2 atom stereocenters. The van der Waals surface area contributed by atoms with Crippen LogP contribution in [0.15, 0.2) is 35.4 Å². The lowest BCUT2D eigenvalue weighted by Gasteiger charge is -2.20. The molecule has 0 radical (unpaired) electrons. The number of allylic oxidation sites excluding steroid dienone is 3. The zero-order chi connectivity index (χ0) is 16.9. The number of ether oxygens (including phenoxy) is 1. The Labute approximate surface area is 129 Å². The van der Waals surface area contributed by atoms with Crippen LogP contribution in [-0.4, -0.2) is 35.5 Å². The maximum absolute atomic E-state index is 12.8. The number of rotatable bonds is 7. The second kappa shape index (κ2) is 7.61. The van der Waals surface area contributed by atoms with E-state index in [0.717, 1.165) is 6.21 Å². The Hall–Kier alpha value is -1.59. The van der Waals surface area contributed by atoms with E-state index in [-0.39, 0.29) is 23.0 Å². The van der Waals surface area contributed by atoms with Crippen molar-refractivity contribution in [2.45, 2.75) is 25.6 Å². The number of carbonyl (C=O) groups excluding carboxylic acids is 1. The van der Waals surface area contributed by atoms with Gasteiger partial charge in [0.2, 0.25) is 0 Å². The molecule has 0 saturated heterocycles. The number of alkyl halides is 2. The maximum Gasteiger partial charge on any atom is 0.287 e. The van der Waals surface area contributed by atoms with Gasteiger partial charge in [0.15, 0.2) is 11.9 Å². The van der Waals surface area contributed by atoms with Gasteiger partial charge >= 0.3 is 0 Å². The summed E-state index contributed by atoms with van der Waals surface area (Å²) in [6, 6.07) is 0. The largest absolute Gasteiger partial charge is 0.489 e. The Morgan fingerprint density at radius 3 is 2.59 bits per heavy atom. The summed E-state index contributed by atoms with van der Waals surface area (Å²) in [6.45, 7) is 2.89. The fourth-order valence-corrected chi connectivity index (χ4v) is 1.64. The van der Waals surface area contributed by atoms with Crippen LogP contribution >= 0.6 is 9.24 Å². The Kier molecular flexibility index (Phi) is 6.38. The third-order valence-corrected chi connectivity index (χ3v) is 3.25. The van der Waals surface area contributed by atoms with E-state index in [1.54, 1.807) is 13.8 Å². The van der Waals surface area contributed by atoms with Crippen molar-refractivity contribution in [3.8, 4) is 0 Å². The van der Waals surface area contributed by atoms with Crippen LogP contribution in [0.1, 0.15) is 13.8 Å². The number of halogens is 2. The van der Waals surface area contributed by atoms with Crippen molar-refractivity contribution in [1.29, 1.82) is 5.41 Å². The van der Waals surface area contributed by atoms with E-state index < -0.39 is 18.4 Å². The van der Waals surface area contributed by atoms with E-state index in [2.05, 4.69) is 5.32 Å². The van der Waals surface area contributed by atoms with E-state index in [4.69, 9.17) is 10.1 Å². The highest BCUT2D eigenvalue weighted by molar-refractivity contribution is 7.18. The number of hydrogen-bond acceptors (Lipinski definition) is 5. The van der Waals surface area contributed by atoms with Crippen LogP contribution in [0.25, 0.3) is 0 Å². The first-order chi connectivity index (χ1) is 10.2. The molecule has 0 saturated carbocycles. The zero-order valence-corrected chi connectivity index (χ0v) is 13.4. The smallest absolute Gasteiger partial charge is 0.287 e. The Bertz CT molecular complexity index is 537. The maximum atomic E-state index is 12.8. The molecule has 0 aliphatic carbocycles. The number of ketones is 1. The predicted molar refractivity (Wildman–Crippen MR) is 82.6 cm³/mol. The third kappa shape index (κ3) is 5.00. The van der Waals surface area contributed by atoms with Gasteiger partial charge in [0.25, 0.3) is 5.66 Å². The van der Waals surface area contributed by atoms with Crippen molar-refractivity contribution in [2.75, 3.05) is 6.61 Å². The number of aliphatic hydroxyl groups excluding tert-OH is 1. The summed E-state index contributed by atoms with van der Waals surface area (Å²) in [7, 11) is 1.25. The normalized spacial score (nSPS) is 18.4. The first-order valence-corrected chi connectivity index (χ1v) is 7.15. The molecule has 1 heterocycles. The SMILES string of the molecule is CC(C)C(=O)/C(C=N)=C1\C=CC(OCC(O)C(F)(F)P)=CN1. The molecule has 22 heavy (non-hydrogen) atoms. The highest BCUT2D eigenvalue weighted by atomic mass is 31.0.